The molecule has 114 valence electrons. The topological polar surface area (TPSA) is 90.1 Å². The molecule has 1 atom stereocenters. The standard InChI is InChI=1S/C14H13ClN4O3/c15-11-2-1-10(19(21)22)8-12(11)17-14(20)9-3-5-18-6-4-16-13(18)7-9/h1-2,4,6,8-9H,3,5,7H2,(H,17,20). The molecule has 1 unspecified atom stereocenters. The highest BCUT2D eigenvalue weighted by molar-refractivity contribution is 6.33. The number of carbonyl (C=O) groups excluding carboxylic acids is 1. The first kappa shape index (κ1) is 14.5. The average molecular weight is 321 g/mol. The van der Waals surface area contributed by atoms with Crippen LogP contribution in [-0.2, 0) is 17.8 Å². The zero-order valence-electron chi connectivity index (χ0n) is 11.5. The van der Waals surface area contributed by atoms with Gasteiger partial charge in [0, 0.05) is 43.4 Å². The molecule has 1 aromatic carbocycles. The van der Waals surface area contributed by atoms with Gasteiger partial charge in [-0.15, -0.1) is 0 Å². The summed E-state index contributed by atoms with van der Waals surface area (Å²) in [4.78, 5) is 26.8. The highest BCUT2D eigenvalue weighted by atomic mass is 35.5. The van der Waals surface area contributed by atoms with Gasteiger partial charge in [-0.05, 0) is 12.5 Å². The summed E-state index contributed by atoms with van der Waals surface area (Å²) in [5, 5.41) is 13.8. The molecule has 1 aliphatic rings. The minimum absolute atomic E-state index is 0.112. The van der Waals surface area contributed by atoms with Crippen molar-refractivity contribution < 1.29 is 9.72 Å². The summed E-state index contributed by atoms with van der Waals surface area (Å²) in [5.74, 6) is 0.457. The molecular weight excluding hydrogens is 308 g/mol. The predicted molar refractivity (Wildman–Crippen MR) is 80.8 cm³/mol. The second-order valence-corrected chi connectivity index (χ2v) is 5.54. The molecule has 1 N–H and O–H groups in total. The Morgan fingerprint density at radius 1 is 1.50 bits per heavy atom. The van der Waals surface area contributed by atoms with Crippen molar-refractivity contribution in [1.82, 2.24) is 9.55 Å². The summed E-state index contributed by atoms with van der Waals surface area (Å²) in [6.07, 6.45) is 4.85. The number of nitro benzene ring substituents is 1. The molecule has 0 fully saturated rings. The van der Waals surface area contributed by atoms with Gasteiger partial charge < -0.3 is 9.88 Å². The van der Waals surface area contributed by atoms with Gasteiger partial charge in [0.15, 0.2) is 0 Å². The Labute approximate surface area is 131 Å². The Morgan fingerprint density at radius 3 is 3.09 bits per heavy atom. The first-order valence-corrected chi connectivity index (χ1v) is 7.17. The molecule has 0 radical (unpaired) electrons. The van der Waals surface area contributed by atoms with Crippen LogP contribution in [0.1, 0.15) is 12.2 Å². The Hall–Kier alpha value is -2.41. The Bertz CT molecular complexity index is 743. The maximum absolute atomic E-state index is 12.4. The lowest BCUT2D eigenvalue weighted by Gasteiger charge is -2.22. The summed E-state index contributed by atoms with van der Waals surface area (Å²) in [7, 11) is 0. The normalized spacial score (nSPS) is 16.9. The highest BCUT2D eigenvalue weighted by Crippen LogP contribution is 2.28. The van der Waals surface area contributed by atoms with Gasteiger partial charge in [-0.3, -0.25) is 14.9 Å². The van der Waals surface area contributed by atoms with Crippen LogP contribution in [0.2, 0.25) is 5.02 Å². The number of hydrogen-bond acceptors (Lipinski definition) is 4. The molecule has 7 nitrogen and oxygen atoms in total. The number of carbonyl (C=O) groups is 1. The molecule has 0 spiro atoms. The van der Waals surface area contributed by atoms with Gasteiger partial charge in [0.25, 0.3) is 5.69 Å². The minimum Gasteiger partial charge on any atom is -0.335 e. The number of rotatable bonds is 3. The van der Waals surface area contributed by atoms with E-state index in [9.17, 15) is 14.9 Å². The lowest BCUT2D eigenvalue weighted by atomic mass is 9.97. The highest BCUT2D eigenvalue weighted by Gasteiger charge is 2.26. The van der Waals surface area contributed by atoms with Crippen LogP contribution in [0, 0.1) is 16.0 Å². The van der Waals surface area contributed by atoms with Crippen LogP contribution < -0.4 is 5.32 Å². The van der Waals surface area contributed by atoms with Crippen molar-refractivity contribution in [3.8, 4) is 0 Å². The van der Waals surface area contributed by atoms with E-state index < -0.39 is 4.92 Å². The van der Waals surface area contributed by atoms with E-state index in [2.05, 4.69) is 10.3 Å². The van der Waals surface area contributed by atoms with E-state index in [1.165, 1.54) is 18.2 Å². The largest absolute Gasteiger partial charge is 0.335 e. The quantitative estimate of drug-likeness (QED) is 0.695. The van der Waals surface area contributed by atoms with Crippen molar-refractivity contribution in [3.63, 3.8) is 0 Å². The molecule has 0 saturated heterocycles. The number of halogens is 1. The van der Waals surface area contributed by atoms with Crippen molar-refractivity contribution in [2.45, 2.75) is 19.4 Å². The van der Waals surface area contributed by atoms with Gasteiger partial charge in [0.2, 0.25) is 5.91 Å². The third-order valence-electron chi connectivity index (χ3n) is 3.74. The van der Waals surface area contributed by atoms with Crippen LogP contribution in [0.15, 0.2) is 30.6 Å². The molecule has 1 aromatic heterocycles. The Morgan fingerprint density at radius 2 is 2.32 bits per heavy atom. The van der Waals surface area contributed by atoms with E-state index in [-0.39, 0.29) is 28.2 Å². The third kappa shape index (κ3) is 2.80. The number of nitro groups is 1. The van der Waals surface area contributed by atoms with Gasteiger partial charge in [0.1, 0.15) is 5.82 Å². The number of aromatic nitrogens is 2. The number of benzene rings is 1. The second kappa shape index (κ2) is 5.76. The maximum Gasteiger partial charge on any atom is 0.271 e. The van der Waals surface area contributed by atoms with Crippen molar-refractivity contribution >= 4 is 28.9 Å². The number of non-ortho nitro benzene ring substituents is 1. The van der Waals surface area contributed by atoms with Crippen LogP contribution in [0.3, 0.4) is 0 Å². The van der Waals surface area contributed by atoms with Crippen LogP contribution >= 0.6 is 11.6 Å². The van der Waals surface area contributed by atoms with E-state index in [1.54, 1.807) is 6.20 Å². The fourth-order valence-electron chi connectivity index (χ4n) is 2.53. The van der Waals surface area contributed by atoms with Crippen molar-refractivity contribution in [3.05, 3.63) is 51.6 Å². The number of amides is 1. The maximum atomic E-state index is 12.4. The molecule has 2 aromatic rings. The molecule has 3 rings (SSSR count). The Kier molecular flexibility index (Phi) is 3.81. The summed E-state index contributed by atoms with van der Waals surface area (Å²) in [6.45, 7) is 0.732. The second-order valence-electron chi connectivity index (χ2n) is 5.14. The lowest BCUT2D eigenvalue weighted by Crippen LogP contribution is -2.30. The summed E-state index contributed by atoms with van der Waals surface area (Å²) >= 11 is 5.99. The smallest absolute Gasteiger partial charge is 0.271 e. The fraction of sp³-hybridized carbons (Fsp3) is 0.286. The zero-order chi connectivity index (χ0) is 15.7. The molecule has 8 heteroatoms. The van der Waals surface area contributed by atoms with Gasteiger partial charge in [0.05, 0.1) is 15.6 Å². The summed E-state index contributed by atoms with van der Waals surface area (Å²) in [5.41, 5.74) is 0.147. The van der Waals surface area contributed by atoms with Gasteiger partial charge in [-0.2, -0.15) is 0 Å². The number of imidazole rings is 1. The van der Waals surface area contributed by atoms with Crippen LogP contribution in [0.4, 0.5) is 11.4 Å². The SMILES string of the molecule is O=C(Nc1cc([N+](=O)[O-])ccc1Cl)C1CCn2ccnc2C1. The molecule has 22 heavy (non-hydrogen) atoms. The number of aryl methyl sites for hydroxylation is 1. The van der Waals surface area contributed by atoms with E-state index >= 15 is 0 Å². The molecule has 1 aliphatic heterocycles. The van der Waals surface area contributed by atoms with Gasteiger partial charge >= 0.3 is 0 Å². The van der Waals surface area contributed by atoms with Gasteiger partial charge in [-0.25, -0.2) is 4.98 Å². The number of nitrogens with zero attached hydrogens (tertiary/aromatic N) is 3. The third-order valence-corrected chi connectivity index (χ3v) is 4.07. The number of hydrogen-bond donors (Lipinski definition) is 1. The zero-order valence-corrected chi connectivity index (χ0v) is 12.3. The van der Waals surface area contributed by atoms with Crippen molar-refractivity contribution in [2.75, 3.05) is 5.32 Å². The predicted octanol–water partition coefficient (Wildman–Crippen LogP) is 2.65. The van der Waals surface area contributed by atoms with Crippen molar-refractivity contribution in [1.29, 1.82) is 0 Å². The van der Waals surface area contributed by atoms with E-state index in [0.29, 0.717) is 12.8 Å². The first-order chi connectivity index (χ1) is 10.5. The average Bonchev–Trinajstić information content (AvgIpc) is 2.96. The van der Waals surface area contributed by atoms with E-state index in [0.717, 1.165) is 12.4 Å². The van der Waals surface area contributed by atoms with E-state index in [4.69, 9.17) is 11.6 Å². The number of nitrogens with one attached hydrogen (secondary N) is 1. The number of fused-ring (bicyclic) bond motifs is 1. The van der Waals surface area contributed by atoms with Gasteiger partial charge in [-0.1, -0.05) is 11.6 Å². The first-order valence-electron chi connectivity index (χ1n) is 6.79. The summed E-state index contributed by atoms with van der Waals surface area (Å²) in [6, 6.07) is 3.97. The molecule has 1 amide bonds. The monoisotopic (exact) mass is 320 g/mol. The molecule has 0 aliphatic carbocycles. The van der Waals surface area contributed by atoms with Crippen LogP contribution in [0.5, 0.6) is 0 Å². The molecule has 2 heterocycles. The van der Waals surface area contributed by atoms with Crippen LogP contribution in [0.25, 0.3) is 0 Å². The molecular formula is C14H13ClN4O3. The number of anilines is 1. The minimum atomic E-state index is -0.524. The summed E-state index contributed by atoms with van der Waals surface area (Å²) < 4.78 is 2.02. The molecule has 0 bridgehead atoms. The lowest BCUT2D eigenvalue weighted by molar-refractivity contribution is -0.384. The van der Waals surface area contributed by atoms with Crippen LogP contribution in [-0.4, -0.2) is 20.4 Å². The molecule has 0 saturated carbocycles. The fourth-order valence-corrected chi connectivity index (χ4v) is 2.70. The van der Waals surface area contributed by atoms with E-state index in [1.807, 2.05) is 10.8 Å². The van der Waals surface area contributed by atoms with Crippen molar-refractivity contribution in [2.24, 2.45) is 5.92 Å². The Balaban J connectivity index is 1.75.